The lowest BCUT2D eigenvalue weighted by molar-refractivity contribution is -0.160. The Bertz CT molecular complexity index is 1290. The number of benzene rings is 1. The first kappa shape index (κ1) is 34.9. The van der Waals surface area contributed by atoms with Crippen molar-refractivity contribution in [1.29, 1.82) is 0 Å². The predicted molar refractivity (Wildman–Crippen MR) is 178 cm³/mol. The Hall–Kier alpha value is -2.97. The number of aliphatic hydroxyl groups is 1. The molecule has 0 saturated carbocycles. The van der Waals surface area contributed by atoms with Crippen LogP contribution in [0, 0.1) is 23.2 Å². The van der Waals surface area contributed by atoms with Crippen LogP contribution in [-0.2, 0) is 19.1 Å². The predicted octanol–water partition coefficient (Wildman–Crippen LogP) is 5.61. The number of ether oxygens (including phenoxy) is 1. The van der Waals surface area contributed by atoms with E-state index in [1.54, 1.807) is 22.0 Å². The van der Waals surface area contributed by atoms with Gasteiger partial charge in [-0.2, -0.15) is 0 Å². The van der Waals surface area contributed by atoms with Gasteiger partial charge in [0.15, 0.2) is 0 Å². The molecule has 3 aliphatic heterocycles. The highest BCUT2D eigenvalue weighted by atomic mass is 16.5. The maximum Gasteiger partial charge on any atom is 0.249 e. The molecule has 3 heterocycles. The maximum absolute atomic E-state index is 15.1. The van der Waals surface area contributed by atoms with E-state index < -0.39 is 40.7 Å². The number of nitrogens with zero attached hydrogens (tertiary/aromatic N) is 3. The number of hydrogen-bond donors (Lipinski definition) is 1. The number of hydrogen-bond acceptors (Lipinski definition) is 5. The van der Waals surface area contributed by atoms with Gasteiger partial charge in [0.05, 0.1) is 30.1 Å². The second kappa shape index (κ2) is 12.7. The molecule has 2 unspecified atom stereocenters. The van der Waals surface area contributed by atoms with Gasteiger partial charge in [0.1, 0.15) is 11.6 Å². The zero-order valence-electron chi connectivity index (χ0n) is 28.7. The normalized spacial score (nSPS) is 28.9. The van der Waals surface area contributed by atoms with Crippen LogP contribution in [0.5, 0.6) is 0 Å². The van der Waals surface area contributed by atoms with Crippen molar-refractivity contribution in [2.24, 2.45) is 23.2 Å². The van der Waals surface area contributed by atoms with Crippen molar-refractivity contribution >= 4 is 23.4 Å². The fourth-order valence-electron chi connectivity index (χ4n) is 8.72. The van der Waals surface area contributed by atoms with Crippen molar-refractivity contribution in [2.75, 3.05) is 24.6 Å². The summed E-state index contributed by atoms with van der Waals surface area (Å²) in [6.07, 6.45) is 5.86. The van der Waals surface area contributed by atoms with E-state index in [2.05, 4.69) is 47.8 Å². The van der Waals surface area contributed by atoms with Gasteiger partial charge < -0.3 is 24.5 Å². The Morgan fingerprint density at radius 1 is 1.09 bits per heavy atom. The minimum Gasteiger partial charge on any atom is -0.394 e. The molecule has 248 valence electrons. The van der Waals surface area contributed by atoms with Gasteiger partial charge >= 0.3 is 0 Å². The van der Waals surface area contributed by atoms with Gasteiger partial charge in [-0.1, -0.05) is 71.4 Å². The van der Waals surface area contributed by atoms with E-state index in [9.17, 15) is 14.7 Å². The standard InChI is InChI=1S/C37H55N3O5/c1-11-21-38(26-17-15-14-16-18-26)31(42)28-29-32(43)40(27(23-41)25(4)13-3)30(37(29)20-19-36(28,10)45-37)33(44)39(22-12-2)35(8,9)24-34(5,6)7/h11-12,14-18,25,27-30,41H,1-2,13,19-24H2,3-10H3/t25-,27-,28-,29-,30?,36+,37?/m0/s1. The number of para-hydroxylation sites is 1. The molecule has 1 N–H and O–H groups in total. The third kappa shape index (κ3) is 6.00. The van der Waals surface area contributed by atoms with Gasteiger partial charge in [0.25, 0.3) is 0 Å². The fraction of sp³-hybridized carbons (Fsp3) is 0.649. The smallest absolute Gasteiger partial charge is 0.249 e. The summed E-state index contributed by atoms with van der Waals surface area (Å²) < 4.78 is 6.96. The van der Waals surface area contributed by atoms with Crippen LogP contribution < -0.4 is 4.90 Å². The van der Waals surface area contributed by atoms with Gasteiger partial charge in [0, 0.05) is 24.3 Å². The second-order valence-electron chi connectivity index (χ2n) is 15.5. The van der Waals surface area contributed by atoms with Crippen LogP contribution in [0.3, 0.4) is 0 Å². The summed E-state index contributed by atoms with van der Waals surface area (Å²) in [7, 11) is 0. The summed E-state index contributed by atoms with van der Waals surface area (Å²) in [6, 6.07) is 7.81. The molecule has 1 aromatic rings. The minimum atomic E-state index is -1.20. The summed E-state index contributed by atoms with van der Waals surface area (Å²) in [5.74, 6) is -2.45. The Kier molecular flexibility index (Phi) is 9.83. The van der Waals surface area contributed by atoms with Crippen molar-refractivity contribution in [1.82, 2.24) is 9.80 Å². The minimum absolute atomic E-state index is 0.0705. The van der Waals surface area contributed by atoms with E-state index in [4.69, 9.17) is 4.74 Å². The zero-order valence-corrected chi connectivity index (χ0v) is 28.7. The maximum atomic E-state index is 15.1. The number of carbonyl (C=O) groups excluding carboxylic acids is 3. The van der Waals surface area contributed by atoms with Crippen molar-refractivity contribution in [3.8, 4) is 0 Å². The number of anilines is 1. The van der Waals surface area contributed by atoms with Gasteiger partial charge in [-0.05, 0) is 63.5 Å². The quantitative estimate of drug-likeness (QED) is 0.290. The lowest BCUT2D eigenvalue weighted by atomic mass is 9.65. The largest absolute Gasteiger partial charge is 0.394 e. The molecule has 2 bridgehead atoms. The number of aliphatic hydroxyl groups excluding tert-OH is 1. The second-order valence-corrected chi connectivity index (χ2v) is 15.5. The van der Waals surface area contributed by atoms with Crippen LogP contribution in [0.2, 0.25) is 0 Å². The molecule has 8 heteroatoms. The number of likely N-dealkylation sites (tertiary alicyclic amines) is 1. The van der Waals surface area contributed by atoms with Crippen LogP contribution in [0.15, 0.2) is 55.6 Å². The molecular formula is C37H55N3O5. The first-order valence-electron chi connectivity index (χ1n) is 16.6. The van der Waals surface area contributed by atoms with Gasteiger partial charge in [-0.15, -0.1) is 13.2 Å². The zero-order chi connectivity index (χ0) is 33.5. The number of fused-ring (bicyclic) bond motifs is 1. The third-order valence-electron chi connectivity index (χ3n) is 10.5. The number of carbonyl (C=O) groups is 3. The van der Waals surface area contributed by atoms with Gasteiger partial charge in [0.2, 0.25) is 17.7 Å². The highest BCUT2D eigenvalue weighted by molar-refractivity contribution is 6.03. The van der Waals surface area contributed by atoms with Gasteiger partial charge in [-0.25, -0.2) is 0 Å². The van der Waals surface area contributed by atoms with Crippen molar-refractivity contribution in [3.05, 3.63) is 55.6 Å². The molecule has 1 spiro atoms. The lowest BCUT2D eigenvalue weighted by Crippen LogP contribution is -2.63. The van der Waals surface area contributed by atoms with E-state index in [-0.39, 0.29) is 42.2 Å². The SMILES string of the molecule is C=CCN(C(=O)[C@@H]1[C@H]2C(=O)N([C@@H](CO)[C@@H](C)CC)C(C(=O)N(CC=C)C(C)(C)CC(C)(C)C)C23CC[C@@]1(C)O3)c1ccccc1. The molecule has 4 rings (SSSR count). The van der Waals surface area contributed by atoms with Crippen LogP contribution in [-0.4, -0.2) is 81.1 Å². The van der Waals surface area contributed by atoms with Crippen molar-refractivity contribution in [2.45, 2.75) is 110 Å². The monoisotopic (exact) mass is 621 g/mol. The third-order valence-corrected chi connectivity index (χ3v) is 10.5. The molecule has 3 saturated heterocycles. The van der Waals surface area contributed by atoms with E-state index in [1.165, 1.54) is 0 Å². The first-order chi connectivity index (χ1) is 21.0. The molecule has 3 amide bonds. The lowest BCUT2D eigenvalue weighted by Gasteiger charge is -2.47. The van der Waals surface area contributed by atoms with E-state index >= 15 is 4.79 Å². The first-order valence-corrected chi connectivity index (χ1v) is 16.6. The topological polar surface area (TPSA) is 90.4 Å². The fourth-order valence-corrected chi connectivity index (χ4v) is 8.72. The summed E-state index contributed by atoms with van der Waals surface area (Å²) in [5.41, 5.74) is -2.05. The molecule has 3 aliphatic rings. The highest BCUT2D eigenvalue weighted by Crippen LogP contribution is 2.64. The van der Waals surface area contributed by atoms with E-state index in [1.807, 2.05) is 56.0 Å². The summed E-state index contributed by atoms with van der Waals surface area (Å²) in [4.78, 5) is 49.8. The average molecular weight is 622 g/mol. The summed E-state index contributed by atoms with van der Waals surface area (Å²) >= 11 is 0. The summed E-state index contributed by atoms with van der Waals surface area (Å²) in [6.45, 7) is 24.6. The van der Waals surface area contributed by atoms with Crippen LogP contribution in [0.4, 0.5) is 5.69 Å². The Balaban J connectivity index is 1.88. The van der Waals surface area contributed by atoms with E-state index in [0.29, 0.717) is 31.5 Å². The molecule has 1 aromatic carbocycles. The van der Waals surface area contributed by atoms with E-state index in [0.717, 1.165) is 6.42 Å². The van der Waals surface area contributed by atoms with Crippen LogP contribution >= 0.6 is 0 Å². The molecule has 3 fully saturated rings. The molecule has 0 aromatic heterocycles. The van der Waals surface area contributed by atoms with Crippen molar-refractivity contribution < 1.29 is 24.2 Å². The average Bonchev–Trinajstić information content (AvgIpc) is 3.54. The number of amides is 3. The van der Waals surface area contributed by atoms with Crippen LogP contribution in [0.25, 0.3) is 0 Å². The van der Waals surface area contributed by atoms with Crippen LogP contribution in [0.1, 0.15) is 81.1 Å². The molecule has 0 aliphatic carbocycles. The Morgan fingerprint density at radius 2 is 1.71 bits per heavy atom. The Labute approximate surface area is 270 Å². The molecule has 8 nitrogen and oxygen atoms in total. The molecule has 0 radical (unpaired) electrons. The molecule has 45 heavy (non-hydrogen) atoms. The molecule has 7 atom stereocenters. The number of rotatable bonds is 13. The van der Waals surface area contributed by atoms with Gasteiger partial charge in [-0.3, -0.25) is 14.4 Å². The summed E-state index contributed by atoms with van der Waals surface area (Å²) in [5, 5.41) is 10.8. The Morgan fingerprint density at radius 3 is 2.24 bits per heavy atom. The van der Waals surface area contributed by atoms with Crippen molar-refractivity contribution in [3.63, 3.8) is 0 Å². The highest BCUT2D eigenvalue weighted by Gasteiger charge is 2.79. The molecular weight excluding hydrogens is 566 g/mol.